The average molecular weight is 209 g/mol. The number of nitrogens with one attached hydrogen (secondary N) is 1. The van der Waals surface area contributed by atoms with Gasteiger partial charge in [-0.05, 0) is 38.8 Å². The van der Waals surface area contributed by atoms with Crippen LogP contribution in [0.25, 0.3) is 0 Å². The van der Waals surface area contributed by atoms with E-state index < -0.39 is 0 Å². The van der Waals surface area contributed by atoms with Crippen LogP contribution in [0.3, 0.4) is 0 Å². The molecule has 2 bridgehead atoms. The summed E-state index contributed by atoms with van der Waals surface area (Å²) in [5.74, 6) is 0.996. The minimum absolute atomic E-state index is 0.740. The minimum atomic E-state index is 0.740. The fraction of sp³-hybridized carbons (Fsp3) is 1.00. The van der Waals surface area contributed by atoms with E-state index in [2.05, 4.69) is 22.0 Å². The van der Waals surface area contributed by atoms with Gasteiger partial charge in [0, 0.05) is 38.3 Å². The van der Waals surface area contributed by atoms with Gasteiger partial charge in [-0.25, -0.2) is 0 Å². The van der Waals surface area contributed by atoms with Gasteiger partial charge in [-0.15, -0.1) is 0 Å². The van der Waals surface area contributed by atoms with Crippen LogP contribution in [0.2, 0.25) is 0 Å². The van der Waals surface area contributed by atoms with Gasteiger partial charge in [0.05, 0.1) is 0 Å². The van der Waals surface area contributed by atoms with Crippen molar-refractivity contribution >= 4 is 0 Å². The first-order valence-electron chi connectivity index (χ1n) is 6.53. The number of hydrogen-bond donors (Lipinski definition) is 1. The van der Waals surface area contributed by atoms with Crippen molar-refractivity contribution in [3.8, 4) is 0 Å². The van der Waals surface area contributed by atoms with Crippen LogP contribution >= 0.6 is 0 Å². The van der Waals surface area contributed by atoms with Crippen LogP contribution < -0.4 is 5.32 Å². The first-order valence-corrected chi connectivity index (χ1v) is 6.53. The highest BCUT2D eigenvalue weighted by molar-refractivity contribution is 4.95. The largest absolute Gasteiger partial charge is 0.314 e. The molecule has 4 fully saturated rings. The molecule has 0 aromatic carbocycles. The van der Waals surface area contributed by atoms with Gasteiger partial charge in [-0.3, -0.25) is 4.90 Å². The molecule has 0 aliphatic carbocycles. The van der Waals surface area contributed by atoms with E-state index in [4.69, 9.17) is 0 Å². The Balaban J connectivity index is 1.70. The topological polar surface area (TPSA) is 18.5 Å². The first-order chi connectivity index (χ1) is 7.34. The lowest BCUT2D eigenvalue weighted by Crippen LogP contribution is -2.63. The van der Waals surface area contributed by atoms with Gasteiger partial charge in [-0.2, -0.15) is 0 Å². The fourth-order valence-corrected chi connectivity index (χ4v) is 3.66. The van der Waals surface area contributed by atoms with Crippen LogP contribution in [-0.4, -0.2) is 61.2 Å². The molecule has 2 unspecified atom stereocenters. The molecule has 3 nitrogen and oxygen atoms in total. The lowest BCUT2D eigenvalue weighted by atomic mass is 9.82. The molecular weight excluding hydrogens is 186 g/mol. The normalized spacial score (nSPS) is 47.0. The summed E-state index contributed by atoms with van der Waals surface area (Å²) >= 11 is 0. The van der Waals surface area contributed by atoms with Crippen LogP contribution in [0.5, 0.6) is 0 Å². The van der Waals surface area contributed by atoms with Gasteiger partial charge >= 0.3 is 0 Å². The van der Waals surface area contributed by atoms with E-state index in [1.54, 1.807) is 0 Å². The van der Waals surface area contributed by atoms with Crippen molar-refractivity contribution in [1.82, 2.24) is 15.1 Å². The molecule has 0 amide bonds. The molecule has 3 heteroatoms. The van der Waals surface area contributed by atoms with Crippen molar-refractivity contribution in [2.45, 2.75) is 31.8 Å². The third kappa shape index (κ3) is 1.81. The zero-order valence-electron chi connectivity index (χ0n) is 9.78. The number of nitrogens with zero attached hydrogens (tertiary/aromatic N) is 2. The zero-order chi connectivity index (χ0) is 10.3. The molecule has 86 valence electrons. The summed E-state index contributed by atoms with van der Waals surface area (Å²) in [7, 11) is 0. The third-order valence-electron chi connectivity index (χ3n) is 4.60. The van der Waals surface area contributed by atoms with E-state index in [1.807, 2.05) is 0 Å². The predicted octanol–water partition coefficient (Wildman–Crippen LogP) is 0.374. The summed E-state index contributed by atoms with van der Waals surface area (Å²) < 4.78 is 0. The second-order valence-electron chi connectivity index (χ2n) is 5.50. The van der Waals surface area contributed by atoms with E-state index in [1.165, 1.54) is 52.1 Å². The monoisotopic (exact) mass is 209 g/mol. The van der Waals surface area contributed by atoms with Gasteiger partial charge in [-0.1, -0.05) is 0 Å². The van der Waals surface area contributed by atoms with Gasteiger partial charge in [0.25, 0.3) is 0 Å². The Morgan fingerprint density at radius 1 is 1.13 bits per heavy atom. The van der Waals surface area contributed by atoms with Crippen LogP contribution in [-0.2, 0) is 0 Å². The second kappa shape index (κ2) is 4.04. The molecule has 15 heavy (non-hydrogen) atoms. The molecule has 0 saturated carbocycles. The van der Waals surface area contributed by atoms with E-state index in [0.717, 1.165) is 18.0 Å². The zero-order valence-corrected chi connectivity index (χ0v) is 9.78. The average Bonchev–Trinajstić information content (AvgIpc) is 2.31. The lowest BCUT2D eigenvalue weighted by molar-refractivity contribution is -0.0182. The molecule has 4 aliphatic rings. The molecule has 4 aliphatic heterocycles. The van der Waals surface area contributed by atoms with Crippen LogP contribution in [0.15, 0.2) is 0 Å². The molecule has 2 atom stereocenters. The van der Waals surface area contributed by atoms with Crippen molar-refractivity contribution in [3.05, 3.63) is 0 Å². The SMILES string of the molecule is CC1CNCCN1C1CN2CCC1CC2. The van der Waals surface area contributed by atoms with E-state index in [0.29, 0.717) is 0 Å². The predicted molar refractivity (Wildman–Crippen MR) is 62.0 cm³/mol. The Morgan fingerprint density at radius 2 is 1.93 bits per heavy atom. The second-order valence-corrected chi connectivity index (χ2v) is 5.50. The molecule has 4 saturated heterocycles. The van der Waals surface area contributed by atoms with Crippen molar-refractivity contribution in [2.75, 3.05) is 39.3 Å². The lowest BCUT2D eigenvalue weighted by Gasteiger charge is -2.52. The fourth-order valence-electron chi connectivity index (χ4n) is 3.66. The maximum Gasteiger partial charge on any atom is 0.0256 e. The Bertz CT molecular complexity index is 223. The number of hydrogen-bond acceptors (Lipinski definition) is 3. The molecule has 4 rings (SSSR count). The van der Waals surface area contributed by atoms with Crippen molar-refractivity contribution in [2.24, 2.45) is 5.92 Å². The highest BCUT2D eigenvalue weighted by atomic mass is 15.3. The van der Waals surface area contributed by atoms with Crippen molar-refractivity contribution in [3.63, 3.8) is 0 Å². The molecule has 0 spiro atoms. The molecule has 1 N–H and O–H groups in total. The first kappa shape index (κ1) is 10.1. The Hall–Kier alpha value is -0.120. The highest BCUT2D eigenvalue weighted by Gasteiger charge is 2.39. The van der Waals surface area contributed by atoms with Gasteiger partial charge in [0.2, 0.25) is 0 Å². The molecule has 0 aromatic heterocycles. The summed E-state index contributed by atoms with van der Waals surface area (Å²) in [5.41, 5.74) is 0. The summed E-state index contributed by atoms with van der Waals surface area (Å²) in [6.07, 6.45) is 2.89. The summed E-state index contributed by atoms with van der Waals surface area (Å²) in [6, 6.07) is 1.61. The standard InChI is InChI=1S/C12H23N3/c1-10-8-13-4-7-15(10)12-9-14-5-2-11(12)3-6-14/h10-13H,2-9H2,1H3. The quantitative estimate of drug-likeness (QED) is 0.673. The summed E-state index contributed by atoms with van der Waals surface area (Å²) in [4.78, 5) is 5.44. The molecule has 0 radical (unpaired) electrons. The van der Waals surface area contributed by atoms with Crippen LogP contribution in [0.4, 0.5) is 0 Å². The van der Waals surface area contributed by atoms with Crippen molar-refractivity contribution < 1.29 is 0 Å². The number of piperidine rings is 3. The summed E-state index contributed by atoms with van der Waals surface area (Å²) in [5, 5.41) is 3.49. The number of fused-ring (bicyclic) bond motifs is 3. The Kier molecular flexibility index (Phi) is 2.71. The maximum absolute atomic E-state index is 3.49. The van der Waals surface area contributed by atoms with Crippen LogP contribution in [0, 0.1) is 5.92 Å². The third-order valence-corrected chi connectivity index (χ3v) is 4.60. The van der Waals surface area contributed by atoms with E-state index >= 15 is 0 Å². The van der Waals surface area contributed by atoms with Gasteiger partial charge in [0.1, 0.15) is 0 Å². The minimum Gasteiger partial charge on any atom is -0.314 e. The summed E-state index contributed by atoms with van der Waals surface area (Å²) in [6.45, 7) is 10.1. The van der Waals surface area contributed by atoms with Crippen LogP contribution in [0.1, 0.15) is 19.8 Å². The Morgan fingerprint density at radius 3 is 2.53 bits per heavy atom. The highest BCUT2D eigenvalue weighted by Crippen LogP contribution is 2.31. The van der Waals surface area contributed by atoms with Gasteiger partial charge in [0.15, 0.2) is 0 Å². The molecular formula is C12H23N3. The number of rotatable bonds is 1. The van der Waals surface area contributed by atoms with Crippen molar-refractivity contribution in [1.29, 1.82) is 0 Å². The maximum atomic E-state index is 3.49. The van der Waals surface area contributed by atoms with E-state index in [-0.39, 0.29) is 0 Å². The van der Waals surface area contributed by atoms with E-state index in [9.17, 15) is 0 Å². The number of piperazine rings is 1. The smallest absolute Gasteiger partial charge is 0.0256 e. The molecule has 4 heterocycles. The van der Waals surface area contributed by atoms with Gasteiger partial charge < -0.3 is 10.2 Å². The molecule has 0 aromatic rings. The Labute approximate surface area is 92.8 Å².